The molecule has 1 fully saturated rings. The first-order valence-corrected chi connectivity index (χ1v) is 6.47. The van der Waals surface area contributed by atoms with Crippen molar-refractivity contribution in [3.05, 3.63) is 34.1 Å². The van der Waals surface area contributed by atoms with Gasteiger partial charge in [0, 0.05) is 16.6 Å². The van der Waals surface area contributed by atoms with Crippen molar-refractivity contribution in [3.8, 4) is 0 Å². The topological polar surface area (TPSA) is 12.0 Å². The molecule has 1 aromatic carbocycles. The average molecular weight is 286 g/mol. The Morgan fingerprint density at radius 1 is 1.44 bits per heavy atom. The second kappa shape index (κ2) is 4.46. The first kappa shape index (κ1) is 12.1. The Bertz CT molecular complexity index is 386. The lowest BCUT2D eigenvalue weighted by molar-refractivity contribution is 0.339. The molecule has 0 unspecified atom stereocenters. The van der Waals surface area contributed by atoms with Gasteiger partial charge in [-0.25, -0.2) is 4.39 Å². The normalized spacial score (nSPS) is 16.5. The van der Waals surface area contributed by atoms with Crippen LogP contribution in [0.25, 0.3) is 0 Å². The Balaban J connectivity index is 1.98. The minimum absolute atomic E-state index is 0.188. The molecule has 0 bridgehead atoms. The largest absolute Gasteiger partial charge is 0.307 e. The van der Waals surface area contributed by atoms with Crippen LogP contribution in [0.2, 0.25) is 0 Å². The Hall–Kier alpha value is -0.410. The van der Waals surface area contributed by atoms with Gasteiger partial charge in [0.1, 0.15) is 5.82 Å². The molecule has 88 valence electrons. The van der Waals surface area contributed by atoms with E-state index in [0.717, 1.165) is 22.5 Å². The summed E-state index contributed by atoms with van der Waals surface area (Å²) in [5, 5.41) is 3.55. The van der Waals surface area contributed by atoms with E-state index in [1.807, 2.05) is 6.07 Å². The molecule has 0 spiro atoms. The summed E-state index contributed by atoms with van der Waals surface area (Å²) in [7, 11) is 0. The van der Waals surface area contributed by atoms with E-state index in [2.05, 4.69) is 35.1 Å². The van der Waals surface area contributed by atoms with Crippen LogP contribution in [0, 0.1) is 11.7 Å². The van der Waals surface area contributed by atoms with Gasteiger partial charge in [0.2, 0.25) is 0 Å². The summed E-state index contributed by atoms with van der Waals surface area (Å²) in [5.41, 5.74) is 1.29. The van der Waals surface area contributed by atoms with Crippen molar-refractivity contribution in [1.82, 2.24) is 5.32 Å². The third kappa shape index (κ3) is 2.83. The van der Waals surface area contributed by atoms with E-state index in [0.29, 0.717) is 0 Å². The lowest BCUT2D eigenvalue weighted by Gasteiger charge is -2.26. The molecule has 0 aromatic heterocycles. The molecular formula is C13H17BrFN. The quantitative estimate of drug-likeness (QED) is 0.886. The minimum atomic E-state index is -0.197. The monoisotopic (exact) mass is 285 g/mol. The van der Waals surface area contributed by atoms with Crippen LogP contribution in [0.4, 0.5) is 4.39 Å². The number of benzene rings is 1. The third-order valence-corrected chi connectivity index (χ3v) is 4.09. The van der Waals surface area contributed by atoms with Gasteiger partial charge in [-0.3, -0.25) is 0 Å². The van der Waals surface area contributed by atoms with Gasteiger partial charge in [0.15, 0.2) is 0 Å². The molecule has 2 rings (SSSR count). The van der Waals surface area contributed by atoms with Gasteiger partial charge in [0.05, 0.1) is 0 Å². The molecule has 16 heavy (non-hydrogen) atoms. The maximum absolute atomic E-state index is 12.9. The fourth-order valence-corrected chi connectivity index (χ4v) is 2.43. The minimum Gasteiger partial charge on any atom is -0.307 e. The van der Waals surface area contributed by atoms with Crippen LogP contribution in [0.15, 0.2) is 22.7 Å². The Morgan fingerprint density at radius 2 is 2.12 bits per heavy atom. The van der Waals surface area contributed by atoms with Gasteiger partial charge in [-0.15, -0.1) is 0 Å². The lowest BCUT2D eigenvalue weighted by atomic mass is 9.98. The van der Waals surface area contributed by atoms with Gasteiger partial charge >= 0.3 is 0 Å². The number of hydrogen-bond donors (Lipinski definition) is 1. The molecule has 0 radical (unpaired) electrons. The fourth-order valence-electron chi connectivity index (χ4n) is 1.94. The smallest absolute Gasteiger partial charge is 0.124 e. The molecule has 1 N–H and O–H groups in total. The number of rotatable bonds is 4. The number of nitrogens with one attached hydrogen (secondary N) is 1. The predicted molar refractivity (Wildman–Crippen MR) is 67.7 cm³/mol. The molecule has 0 heterocycles. The van der Waals surface area contributed by atoms with Crippen molar-refractivity contribution in [2.75, 3.05) is 0 Å². The third-order valence-electron chi connectivity index (χ3n) is 3.35. The summed E-state index contributed by atoms with van der Waals surface area (Å²) in [6.45, 7) is 5.26. The Labute approximate surface area is 105 Å². The van der Waals surface area contributed by atoms with E-state index in [1.165, 1.54) is 25.0 Å². The van der Waals surface area contributed by atoms with E-state index in [1.54, 1.807) is 0 Å². The van der Waals surface area contributed by atoms with Crippen molar-refractivity contribution in [2.45, 2.75) is 38.8 Å². The molecule has 1 nitrogen and oxygen atoms in total. The van der Waals surface area contributed by atoms with Gasteiger partial charge in [-0.05, 0) is 50.3 Å². The van der Waals surface area contributed by atoms with E-state index < -0.39 is 0 Å². The lowest BCUT2D eigenvalue weighted by Crippen LogP contribution is -2.40. The zero-order valence-corrected chi connectivity index (χ0v) is 11.3. The van der Waals surface area contributed by atoms with Crippen LogP contribution in [0.3, 0.4) is 0 Å². The summed E-state index contributed by atoms with van der Waals surface area (Å²) in [5.74, 6) is 0.601. The van der Waals surface area contributed by atoms with Crippen LogP contribution in [0.5, 0.6) is 0 Å². The molecule has 3 heteroatoms. The first-order valence-electron chi connectivity index (χ1n) is 5.68. The summed E-state index contributed by atoms with van der Waals surface area (Å²) < 4.78 is 13.7. The molecule has 1 aliphatic carbocycles. The molecule has 0 saturated heterocycles. The van der Waals surface area contributed by atoms with Gasteiger partial charge in [0.25, 0.3) is 0 Å². The molecule has 1 saturated carbocycles. The summed E-state index contributed by atoms with van der Waals surface area (Å²) in [6, 6.07) is 4.85. The highest BCUT2D eigenvalue weighted by atomic mass is 79.9. The van der Waals surface area contributed by atoms with Crippen LogP contribution in [0.1, 0.15) is 32.3 Å². The van der Waals surface area contributed by atoms with Crippen molar-refractivity contribution < 1.29 is 4.39 Å². The molecule has 0 atom stereocenters. The van der Waals surface area contributed by atoms with E-state index in [-0.39, 0.29) is 11.4 Å². The fraction of sp³-hybridized carbons (Fsp3) is 0.538. The number of hydrogen-bond acceptors (Lipinski definition) is 1. The SMILES string of the molecule is CC(C)(NCc1ccc(F)cc1Br)C1CC1. The first-order chi connectivity index (χ1) is 7.49. The summed E-state index contributed by atoms with van der Waals surface area (Å²) in [4.78, 5) is 0. The van der Waals surface area contributed by atoms with E-state index in [4.69, 9.17) is 0 Å². The standard InChI is InChI=1S/C13H17BrFN/c1-13(2,10-4-5-10)16-8-9-3-6-11(15)7-12(9)14/h3,6-7,10,16H,4-5,8H2,1-2H3. The van der Waals surface area contributed by atoms with E-state index >= 15 is 0 Å². The maximum atomic E-state index is 12.9. The molecule has 1 aromatic rings. The van der Waals surface area contributed by atoms with Crippen molar-refractivity contribution in [2.24, 2.45) is 5.92 Å². The molecular weight excluding hydrogens is 269 g/mol. The summed E-state index contributed by atoms with van der Waals surface area (Å²) >= 11 is 3.39. The highest BCUT2D eigenvalue weighted by molar-refractivity contribution is 9.10. The average Bonchev–Trinajstić information content (AvgIpc) is 2.99. The van der Waals surface area contributed by atoms with Crippen molar-refractivity contribution in [3.63, 3.8) is 0 Å². The molecule has 1 aliphatic rings. The molecule has 0 amide bonds. The van der Waals surface area contributed by atoms with Gasteiger partial charge in [-0.1, -0.05) is 22.0 Å². The van der Waals surface area contributed by atoms with Crippen molar-refractivity contribution in [1.29, 1.82) is 0 Å². The number of halogens is 2. The maximum Gasteiger partial charge on any atom is 0.124 e. The zero-order valence-electron chi connectivity index (χ0n) is 9.69. The Morgan fingerprint density at radius 3 is 2.69 bits per heavy atom. The van der Waals surface area contributed by atoms with E-state index in [9.17, 15) is 4.39 Å². The molecule has 0 aliphatic heterocycles. The predicted octanol–water partition coefficient (Wildman–Crippen LogP) is 3.87. The van der Waals surface area contributed by atoms with Gasteiger partial charge in [-0.2, -0.15) is 0 Å². The van der Waals surface area contributed by atoms with Crippen LogP contribution < -0.4 is 5.32 Å². The van der Waals surface area contributed by atoms with Crippen molar-refractivity contribution >= 4 is 15.9 Å². The Kier molecular flexibility index (Phi) is 3.36. The van der Waals surface area contributed by atoms with Crippen LogP contribution in [-0.4, -0.2) is 5.54 Å². The van der Waals surface area contributed by atoms with Gasteiger partial charge < -0.3 is 5.32 Å². The highest BCUT2D eigenvalue weighted by Gasteiger charge is 2.37. The zero-order chi connectivity index (χ0) is 11.8. The highest BCUT2D eigenvalue weighted by Crippen LogP contribution is 2.39. The van der Waals surface area contributed by atoms with Crippen LogP contribution >= 0.6 is 15.9 Å². The summed E-state index contributed by atoms with van der Waals surface area (Å²) in [6.07, 6.45) is 2.65. The second-order valence-electron chi connectivity index (χ2n) is 5.09. The second-order valence-corrected chi connectivity index (χ2v) is 5.94. The van der Waals surface area contributed by atoms with Crippen LogP contribution in [-0.2, 0) is 6.54 Å².